The van der Waals surface area contributed by atoms with E-state index in [2.05, 4.69) is 5.32 Å². The van der Waals surface area contributed by atoms with E-state index in [4.69, 9.17) is 5.73 Å². The lowest BCUT2D eigenvalue weighted by atomic mass is 10.2. The van der Waals surface area contributed by atoms with Gasteiger partial charge in [0.1, 0.15) is 5.82 Å². The van der Waals surface area contributed by atoms with Gasteiger partial charge < -0.3 is 11.1 Å². The molecule has 82 valence electrons. The lowest BCUT2D eigenvalue weighted by molar-refractivity contribution is 0.621. The van der Waals surface area contributed by atoms with E-state index in [1.807, 2.05) is 52.9 Å². The fourth-order valence-electron chi connectivity index (χ4n) is 1.35. The molecule has 2 nitrogen and oxygen atoms in total. The van der Waals surface area contributed by atoms with Crippen LogP contribution < -0.4 is 11.1 Å². The molecule has 0 bridgehead atoms. The fourth-order valence-corrected chi connectivity index (χ4v) is 1.84. The van der Waals surface area contributed by atoms with Crippen LogP contribution >= 0.6 is 22.6 Å². The topological polar surface area (TPSA) is 38.0 Å². The van der Waals surface area contributed by atoms with Crippen LogP contribution in [-0.2, 0) is 0 Å². The Morgan fingerprint density at radius 2 is 1.81 bits per heavy atom. The molecule has 3 N–H and O–H groups in total. The summed E-state index contributed by atoms with van der Waals surface area (Å²) in [4.78, 5) is 0. The monoisotopic (exact) mass is 328 g/mol. The zero-order valence-corrected chi connectivity index (χ0v) is 10.5. The minimum absolute atomic E-state index is 0.270. The van der Waals surface area contributed by atoms with E-state index in [9.17, 15) is 4.39 Å². The van der Waals surface area contributed by atoms with E-state index >= 15 is 0 Å². The van der Waals surface area contributed by atoms with Gasteiger partial charge in [0.2, 0.25) is 0 Å². The molecule has 0 radical (unpaired) electrons. The quantitative estimate of drug-likeness (QED) is 0.651. The summed E-state index contributed by atoms with van der Waals surface area (Å²) < 4.78 is 13.9. The molecule has 0 aromatic heterocycles. The number of hydrogen-bond acceptors (Lipinski definition) is 2. The Bertz CT molecular complexity index is 500. The molecule has 0 amide bonds. The van der Waals surface area contributed by atoms with Crippen molar-refractivity contribution in [1.29, 1.82) is 0 Å². The molecule has 0 saturated heterocycles. The molecule has 0 unspecified atom stereocenters. The number of nitrogens with two attached hydrogens (primary N) is 1. The summed E-state index contributed by atoms with van der Waals surface area (Å²) >= 11 is 1.91. The number of para-hydroxylation sites is 1. The third kappa shape index (κ3) is 2.44. The standard InChI is InChI=1S/C12H10FIN2/c13-9-6-12(11(15)7-10(9)14)16-8-4-2-1-3-5-8/h1-7,16H,15H2. The van der Waals surface area contributed by atoms with Gasteiger partial charge in [-0.3, -0.25) is 0 Å². The van der Waals surface area contributed by atoms with Crippen molar-refractivity contribution in [2.24, 2.45) is 0 Å². The first-order valence-corrected chi connectivity index (χ1v) is 5.81. The molecule has 16 heavy (non-hydrogen) atoms. The van der Waals surface area contributed by atoms with E-state index in [1.165, 1.54) is 6.07 Å². The number of benzene rings is 2. The molecule has 0 aliphatic rings. The van der Waals surface area contributed by atoms with Crippen molar-refractivity contribution >= 4 is 39.7 Å². The highest BCUT2D eigenvalue weighted by molar-refractivity contribution is 14.1. The maximum absolute atomic E-state index is 13.4. The van der Waals surface area contributed by atoms with Crippen molar-refractivity contribution < 1.29 is 4.39 Å². The summed E-state index contributed by atoms with van der Waals surface area (Å²) in [5, 5.41) is 3.07. The smallest absolute Gasteiger partial charge is 0.138 e. The molecule has 0 atom stereocenters. The summed E-state index contributed by atoms with van der Waals surface area (Å²) in [6.07, 6.45) is 0. The first kappa shape index (κ1) is 11.2. The predicted molar refractivity (Wildman–Crippen MR) is 73.3 cm³/mol. The van der Waals surface area contributed by atoms with Crippen LogP contribution in [0.2, 0.25) is 0 Å². The molecule has 0 spiro atoms. The van der Waals surface area contributed by atoms with Crippen LogP contribution in [0.3, 0.4) is 0 Å². The molecule has 0 aliphatic carbocycles. The number of halogens is 2. The minimum Gasteiger partial charge on any atom is -0.397 e. The van der Waals surface area contributed by atoms with Gasteiger partial charge in [-0.05, 0) is 40.8 Å². The largest absolute Gasteiger partial charge is 0.397 e. The average Bonchev–Trinajstić information content (AvgIpc) is 2.27. The third-order valence-corrected chi connectivity index (χ3v) is 2.97. The lowest BCUT2D eigenvalue weighted by Crippen LogP contribution is -1.98. The van der Waals surface area contributed by atoms with Crippen molar-refractivity contribution in [3.63, 3.8) is 0 Å². The molecule has 2 aromatic carbocycles. The second kappa shape index (κ2) is 4.69. The summed E-state index contributed by atoms with van der Waals surface area (Å²) in [7, 11) is 0. The van der Waals surface area contributed by atoms with Gasteiger partial charge in [0.25, 0.3) is 0 Å². The first-order valence-electron chi connectivity index (χ1n) is 4.73. The summed E-state index contributed by atoms with van der Waals surface area (Å²) in [6, 6.07) is 12.5. The number of anilines is 3. The van der Waals surface area contributed by atoms with Crippen molar-refractivity contribution in [1.82, 2.24) is 0 Å². The minimum atomic E-state index is -0.270. The van der Waals surface area contributed by atoms with E-state index < -0.39 is 0 Å². The van der Waals surface area contributed by atoms with Crippen molar-refractivity contribution in [3.8, 4) is 0 Å². The molecular formula is C12H10FIN2. The predicted octanol–water partition coefficient (Wildman–Crippen LogP) is 3.76. The Morgan fingerprint density at radius 1 is 1.12 bits per heavy atom. The Balaban J connectivity index is 2.32. The van der Waals surface area contributed by atoms with Crippen molar-refractivity contribution in [3.05, 3.63) is 51.9 Å². The zero-order valence-electron chi connectivity index (χ0n) is 8.37. The Morgan fingerprint density at radius 3 is 2.50 bits per heavy atom. The van der Waals surface area contributed by atoms with Gasteiger partial charge in [-0.15, -0.1) is 0 Å². The highest BCUT2D eigenvalue weighted by atomic mass is 127. The second-order valence-electron chi connectivity index (χ2n) is 3.34. The Labute approximate surface area is 107 Å². The maximum Gasteiger partial charge on any atom is 0.138 e. The van der Waals surface area contributed by atoms with Crippen LogP contribution in [0.25, 0.3) is 0 Å². The molecule has 4 heteroatoms. The van der Waals surface area contributed by atoms with Gasteiger partial charge in [-0.2, -0.15) is 0 Å². The molecule has 0 heterocycles. The molecule has 2 aromatic rings. The Hall–Kier alpha value is -1.30. The Kier molecular flexibility index (Phi) is 3.28. The van der Waals surface area contributed by atoms with Gasteiger partial charge in [0, 0.05) is 11.8 Å². The maximum atomic E-state index is 13.4. The van der Waals surface area contributed by atoms with Gasteiger partial charge in [0.15, 0.2) is 0 Å². The van der Waals surface area contributed by atoms with E-state index in [0.29, 0.717) is 14.9 Å². The molecular weight excluding hydrogens is 318 g/mol. The van der Waals surface area contributed by atoms with E-state index in [1.54, 1.807) is 6.07 Å². The number of rotatable bonds is 2. The average molecular weight is 328 g/mol. The second-order valence-corrected chi connectivity index (χ2v) is 4.51. The van der Waals surface area contributed by atoms with Gasteiger partial charge in [-0.1, -0.05) is 18.2 Å². The summed E-state index contributed by atoms with van der Waals surface area (Å²) in [6.45, 7) is 0. The normalized spacial score (nSPS) is 10.1. The number of nitrogen functional groups attached to an aromatic ring is 1. The van der Waals surface area contributed by atoms with Crippen LogP contribution in [-0.4, -0.2) is 0 Å². The van der Waals surface area contributed by atoms with Crippen molar-refractivity contribution in [2.75, 3.05) is 11.1 Å². The summed E-state index contributed by atoms with van der Waals surface area (Å²) in [5.74, 6) is -0.270. The van der Waals surface area contributed by atoms with Crippen LogP contribution in [0.5, 0.6) is 0 Å². The number of nitrogens with one attached hydrogen (secondary N) is 1. The highest BCUT2D eigenvalue weighted by Crippen LogP contribution is 2.26. The van der Waals surface area contributed by atoms with Crippen LogP contribution in [0.1, 0.15) is 0 Å². The van der Waals surface area contributed by atoms with Crippen LogP contribution in [0.4, 0.5) is 21.5 Å². The van der Waals surface area contributed by atoms with E-state index in [0.717, 1.165) is 5.69 Å². The number of hydrogen-bond donors (Lipinski definition) is 2. The van der Waals surface area contributed by atoms with Crippen molar-refractivity contribution in [2.45, 2.75) is 0 Å². The van der Waals surface area contributed by atoms with Crippen LogP contribution in [0.15, 0.2) is 42.5 Å². The van der Waals surface area contributed by atoms with Gasteiger partial charge in [0.05, 0.1) is 14.9 Å². The first-order chi connectivity index (χ1) is 7.66. The van der Waals surface area contributed by atoms with Gasteiger partial charge in [-0.25, -0.2) is 4.39 Å². The van der Waals surface area contributed by atoms with Crippen LogP contribution in [0, 0.1) is 9.39 Å². The third-order valence-electron chi connectivity index (χ3n) is 2.15. The zero-order chi connectivity index (χ0) is 11.5. The SMILES string of the molecule is Nc1cc(I)c(F)cc1Nc1ccccc1. The molecule has 0 fully saturated rings. The van der Waals surface area contributed by atoms with Gasteiger partial charge >= 0.3 is 0 Å². The fraction of sp³-hybridized carbons (Fsp3) is 0. The lowest BCUT2D eigenvalue weighted by Gasteiger charge is -2.10. The molecule has 0 aliphatic heterocycles. The molecule has 2 rings (SSSR count). The molecule has 0 saturated carbocycles. The highest BCUT2D eigenvalue weighted by Gasteiger charge is 2.05. The summed E-state index contributed by atoms with van der Waals surface area (Å²) in [5.41, 5.74) is 7.81. The van der Waals surface area contributed by atoms with E-state index in [-0.39, 0.29) is 5.82 Å².